The van der Waals surface area contributed by atoms with Gasteiger partial charge in [0.2, 0.25) is 11.8 Å². The van der Waals surface area contributed by atoms with E-state index in [0.717, 1.165) is 24.8 Å². The molecule has 2 saturated heterocycles. The fourth-order valence-electron chi connectivity index (χ4n) is 4.22. The number of imide groups is 1. The van der Waals surface area contributed by atoms with E-state index in [1.807, 2.05) is 0 Å². The molecule has 0 N–H and O–H groups in total. The molecule has 0 aromatic heterocycles. The second-order valence-corrected chi connectivity index (χ2v) is 7.14. The largest absolute Gasteiger partial charge is 0.422 e. The van der Waals surface area contributed by atoms with Gasteiger partial charge in [-0.05, 0) is 12.1 Å². The number of carbonyl (C=O) groups excluding carboxylic acids is 4. The lowest BCUT2D eigenvalue weighted by molar-refractivity contribution is -0.384. The molecule has 11 heteroatoms. The van der Waals surface area contributed by atoms with Gasteiger partial charge < -0.3 is 14.2 Å². The van der Waals surface area contributed by atoms with E-state index in [-0.39, 0.29) is 11.4 Å². The fraction of sp³-hybridized carbons (Fsp3) is 0.368. The van der Waals surface area contributed by atoms with Crippen molar-refractivity contribution in [3.63, 3.8) is 0 Å². The van der Waals surface area contributed by atoms with Crippen LogP contribution in [0.25, 0.3) is 0 Å². The monoisotopic (exact) mass is 416 g/mol. The molecular formula is C19H16N2O9. The number of carbonyl (C=O) groups is 4. The van der Waals surface area contributed by atoms with E-state index in [1.165, 1.54) is 24.3 Å². The first-order chi connectivity index (χ1) is 14.2. The van der Waals surface area contributed by atoms with Gasteiger partial charge in [-0.2, -0.15) is 0 Å². The van der Waals surface area contributed by atoms with Crippen LogP contribution >= 0.6 is 0 Å². The molecule has 2 fully saturated rings. The number of ether oxygens (including phenoxy) is 3. The summed E-state index contributed by atoms with van der Waals surface area (Å²) in [6, 6.07) is 5.13. The Bertz CT molecular complexity index is 1000. The van der Waals surface area contributed by atoms with Gasteiger partial charge >= 0.3 is 11.9 Å². The van der Waals surface area contributed by atoms with Crippen molar-refractivity contribution in [1.82, 2.24) is 0 Å². The van der Waals surface area contributed by atoms with Crippen molar-refractivity contribution in [3.05, 3.63) is 46.5 Å². The smallest absolute Gasteiger partial charge is 0.305 e. The van der Waals surface area contributed by atoms with E-state index in [4.69, 9.17) is 14.2 Å². The van der Waals surface area contributed by atoms with Gasteiger partial charge in [-0.1, -0.05) is 12.1 Å². The van der Waals surface area contributed by atoms with Crippen LogP contribution in [0.5, 0.6) is 0 Å². The van der Waals surface area contributed by atoms with Crippen LogP contribution in [-0.2, 0) is 33.4 Å². The molecule has 30 heavy (non-hydrogen) atoms. The molecule has 0 radical (unpaired) electrons. The quantitative estimate of drug-likeness (QED) is 0.170. The summed E-state index contributed by atoms with van der Waals surface area (Å²) < 4.78 is 16.1. The summed E-state index contributed by atoms with van der Waals surface area (Å²) in [6.07, 6.45) is 0.621. The van der Waals surface area contributed by atoms with Crippen molar-refractivity contribution in [2.45, 2.75) is 31.8 Å². The van der Waals surface area contributed by atoms with Gasteiger partial charge in [-0.15, -0.1) is 0 Å². The highest BCUT2D eigenvalue weighted by Gasteiger charge is 2.72. The Kier molecular flexibility index (Phi) is 4.42. The number of fused-ring (bicyclic) bond motifs is 5. The summed E-state index contributed by atoms with van der Waals surface area (Å²) in [4.78, 5) is 60.8. The molecule has 1 aromatic rings. The Balaban J connectivity index is 1.75. The average Bonchev–Trinajstić information content (AvgIpc) is 3.32. The first kappa shape index (κ1) is 19.7. The summed E-state index contributed by atoms with van der Waals surface area (Å²) in [6.45, 7) is 2.21. The molecule has 2 amide bonds. The third kappa shape index (κ3) is 2.77. The van der Waals surface area contributed by atoms with Crippen LogP contribution in [0, 0.1) is 22.0 Å². The van der Waals surface area contributed by atoms with Crippen LogP contribution in [-0.4, -0.2) is 46.7 Å². The van der Waals surface area contributed by atoms with Crippen LogP contribution in [0.15, 0.2) is 36.4 Å². The molecule has 2 bridgehead atoms. The van der Waals surface area contributed by atoms with Gasteiger partial charge in [0.15, 0.2) is 5.60 Å². The summed E-state index contributed by atoms with van der Waals surface area (Å²) in [5.41, 5.74) is -1.91. The van der Waals surface area contributed by atoms with Gasteiger partial charge in [-0.3, -0.25) is 29.3 Å². The maximum atomic E-state index is 13.3. The number of anilines is 1. The van der Waals surface area contributed by atoms with Crippen LogP contribution in [0.4, 0.5) is 11.4 Å². The highest BCUT2D eigenvalue weighted by molar-refractivity contribution is 6.23. The minimum Gasteiger partial charge on any atom is -0.422 e. The Morgan fingerprint density at radius 1 is 1.20 bits per heavy atom. The van der Waals surface area contributed by atoms with Gasteiger partial charge in [0.25, 0.3) is 12.0 Å². The van der Waals surface area contributed by atoms with Crippen molar-refractivity contribution in [3.8, 4) is 0 Å². The van der Waals surface area contributed by atoms with Gasteiger partial charge in [0, 0.05) is 26.0 Å². The normalized spacial score (nSPS) is 28.8. The van der Waals surface area contributed by atoms with Crippen LogP contribution in [0.3, 0.4) is 0 Å². The maximum Gasteiger partial charge on any atom is 0.305 e. The van der Waals surface area contributed by atoms with E-state index in [2.05, 4.69) is 0 Å². The summed E-state index contributed by atoms with van der Waals surface area (Å²) >= 11 is 0. The van der Waals surface area contributed by atoms with Crippen molar-refractivity contribution in [2.24, 2.45) is 11.8 Å². The van der Waals surface area contributed by atoms with Crippen LogP contribution in [0.1, 0.15) is 13.8 Å². The molecule has 0 saturated carbocycles. The number of nitro benzene ring substituents is 1. The molecule has 3 aliphatic rings. The molecule has 0 unspecified atom stereocenters. The minimum absolute atomic E-state index is 0.0414. The number of hydrogen-bond acceptors (Lipinski definition) is 9. The molecule has 0 aliphatic carbocycles. The predicted octanol–water partition coefficient (Wildman–Crippen LogP) is 0.860. The summed E-state index contributed by atoms with van der Waals surface area (Å²) in [7, 11) is 0. The second-order valence-electron chi connectivity index (χ2n) is 7.14. The number of esters is 2. The second kappa shape index (κ2) is 6.73. The number of hydrogen-bond donors (Lipinski definition) is 0. The molecule has 3 heterocycles. The van der Waals surface area contributed by atoms with Gasteiger partial charge in [0.05, 0.1) is 28.6 Å². The Morgan fingerprint density at radius 3 is 2.47 bits per heavy atom. The van der Waals surface area contributed by atoms with Crippen molar-refractivity contribution in [1.29, 1.82) is 0 Å². The molecule has 11 nitrogen and oxygen atoms in total. The number of non-ortho nitro benzene ring substituents is 1. The standard InChI is InChI=1S/C19H16N2O9/c1-9(22)28-18(29-10(2)23)19-7-6-13(30-19)14-15(19)17(25)20(16(14)24)11-4-3-5-12(8-11)21(26)27/h3-8,13-15,18H,1-2H3/t13-,14-,15+,19+/m0/s1. The van der Waals surface area contributed by atoms with E-state index in [9.17, 15) is 29.3 Å². The van der Waals surface area contributed by atoms with E-state index >= 15 is 0 Å². The molecule has 3 aliphatic heterocycles. The third-order valence-electron chi connectivity index (χ3n) is 5.29. The lowest BCUT2D eigenvalue weighted by Crippen LogP contribution is -2.52. The van der Waals surface area contributed by atoms with Crippen LogP contribution in [0.2, 0.25) is 0 Å². The lowest BCUT2D eigenvalue weighted by atomic mass is 9.76. The zero-order chi connectivity index (χ0) is 21.8. The van der Waals surface area contributed by atoms with E-state index in [0.29, 0.717) is 0 Å². The van der Waals surface area contributed by atoms with Crippen molar-refractivity contribution in [2.75, 3.05) is 4.90 Å². The molecule has 0 spiro atoms. The Morgan fingerprint density at radius 2 is 1.87 bits per heavy atom. The maximum absolute atomic E-state index is 13.3. The minimum atomic E-state index is -1.67. The van der Waals surface area contributed by atoms with Crippen molar-refractivity contribution >= 4 is 35.1 Å². The number of rotatable bonds is 5. The highest BCUT2D eigenvalue weighted by Crippen LogP contribution is 2.54. The summed E-state index contributed by atoms with van der Waals surface area (Å²) in [5.74, 6) is -4.93. The van der Waals surface area contributed by atoms with Gasteiger partial charge in [0.1, 0.15) is 0 Å². The zero-order valence-electron chi connectivity index (χ0n) is 15.8. The number of nitrogens with zero attached hydrogens (tertiary/aromatic N) is 2. The van der Waals surface area contributed by atoms with E-state index < -0.39 is 58.5 Å². The molecular weight excluding hydrogens is 400 g/mol. The molecule has 156 valence electrons. The molecule has 4 rings (SSSR count). The first-order valence-electron chi connectivity index (χ1n) is 8.99. The molecule has 4 atom stereocenters. The highest BCUT2D eigenvalue weighted by atomic mass is 16.7. The predicted molar refractivity (Wildman–Crippen MR) is 96.6 cm³/mol. The van der Waals surface area contributed by atoms with Gasteiger partial charge in [-0.25, -0.2) is 4.90 Å². The van der Waals surface area contributed by atoms with E-state index in [1.54, 1.807) is 6.08 Å². The Hall–Kier alpha value is -3.60. The SMILES string of the molecule is CC(=O)OC(OC(C)=O)[C@]12C=C[C@H](O1)[C@@H]1C(=O)N(c3cccc([N+](=O)[O-])c3)C(=O)[C@@H]12. The number of benzene rings is 1. The van der Waals surface area contributed by atoms with Crippen molar-refractivity contribution < 1.29 is 38.3 Å². The zero-order valence-corrected chi connectivity index (χ0v) is 15.8. The third-order valence-corrected chi connectivity index (χ3v) is 5.29. The number of nitro groups is 1. The fourth-order valence-corrected chi connectivity index (χ4v) is 4.22. The number of amides is 2. The molecule has 1 aromatic carbocycles. The Labute approximate surface area is 169 Å². The summed E-state index contributed by atoms with van der Waals surface area (Å²) in [5, 5.41) is 11.1. The first-order valence-corrected chi connectivity index (χ1v) is 8.99. The average molecular weight is 416 g/mol. The lowest BCUT2D eigenvalue weighted by Gasteiger charge is -2.34. The van der Waals surface area contributed by atoms with Crippen LogP contribution < -0.4 is 4.90 Å². The topological polar surface area (TPSA) is 142 Å².